The smallest absolute Gasteiger partial charge is 0.243 e. The zero-order valence-corrected chi connectivity index (χ0v) is 13.6. The first-order valence-electron chi connectivity index (χ1n) is 7.42. The zero-order valence-electron chi connectivity index (χ0n) is 13.6. The lowest BCUT2D eigenvalue weighted by Crippen LogP contribution is -2.22. The second kappa shape index (κ2) is 7.45. The van der Waals surface area contributed by atoms with Gasteiger partial charge in [0.15, 0.2) is 0 Å². The van der Waals surface area contributed by atoms with Gasteiger partial charge in [-0.3, -0.25) is 9.59 Å². The maximum atomic E-state index is 12.0. The van der Waals surface area contributed by atoms with Crippen molar-refractivity contribution in [3.63, 3.8) is 0 Å². The molecule has 5 heteroatoms. The van der Waals surface area contributed by atoms with E-state index in [1.54, 1.807) is 24.3 Å². The van der Waals surface area contributed by atoms with Crippen LogP contribution in [-0.2, 0) is 9.59 Å². The Labute approximate surface area is 136 Å². The molecule has 2 rings (SSSR count). The molecule has 23 heavy (non-hydrogen) atoms. The Bertz CT molecular complexity index is 709. The van der Waals surface area contributed by atoms with Crippen LogP contribution in [0.4, 0.5) is 17.1 Å². The van der Waals surface area contributed by atoms with Gasteiger partial charge in [0.05, 0.1) is 6.54 Å². The van der Waals surface area contributed by atoms with Gasteiger partial charge in [0.25, 0.3) is 0 Å². The molecule has 0 spiro atoms. The average Bonchev–Trinajstić information content (AvgIpc) is 2.48. The fraction of sp³-hybridized carbons (Fsp3) is 0.222. The normalized spacial score (nSPS) is 10.0. The Hall–Kier alpha value is -2.82. The number of anilines is 3. The highest BCUT2D eigenvalue weighted by molar-refractivity contribution is 5.94. The van der Waals surface area contributed by atoms with E-state index in [4.69, 9.17) is 0 Å². The van der Waals surface area contributed by atoms with Gasteiger partial charge < -0.3 is 16.0 Å². The van der Waals surface area contributed by atoms with Crippen molar-refractivity contribution in [3.8, 4) is 0 Å². The molecule has 0 bridgehead atoms. The molecule has 2 aromatic rings. The summed E-state index contributed by atoms with van der Waals surface area (Å²) in [5, 5.41) is 8.62. The van der Waals surface area contributed by atoms with E-state index in [0.29, 0.717) is 11.4 Å². The molecule has 0 heterocycles. The van der Waals surface area contributed by atoms with E-state index in [2.05, 4.69) is 22.0 Å². The van der Waals surface area contributed by atoms with Crippen molar-refractivity contribution in [3.05, 3.63) is 53.6 Å². The molecule has 2 aromatic carbocycles. The summed E-state index contributed by atoms with van der Waals surface area (Å²) < 4.78 is 0. The third-order valence-electron chi connectivity index (χ3n) is 3.31. The van der Waals surface area contributed by atoms with Crippen LogP contribution >= 0.6 is 0 Å². The predicted molar refractivity (Wildman–Crippen MR) is 93.8 cm³/mol. The number of carbonyl (C=O) groups excluding carboxylic acids is 2. The molecule has 120 valence electrons. The summed E-state index contributed by atoms with van der Waals surface area (Å²) in [7, 11) is 0. The Morgan fingerprint density at radius 2 is 1.52 bits per heavy atom. The predicted octanol–water partition coefficient (Wildman–Crippen LogP) is 3.31. The van der Waals surface area contributed by atoms with Crippen LogP contribution in [0, 0.1) is 13.8 Å². The summed E-state index contributed by atoms with van der Waals surface area (Å²) in [6.45, 7) is 5.69. The van der Waals surface area contributed by atoms with Crippen LogP contribution < -0.4 is 16.0 Å². The highest BCUT2D eigenvalue weighted by atomic mass is 16.2. The molecule has 3 N–H and O–H groups in total. The number of hydrogen-bond acceptors (Lipinski definition) is 3. The van der Waals surface area contributed by atoms with Gasteiger partial charge in [0.2, 0.25) is 11.8 Å². The Balaban J connectivity index is 1.88. The van der Waals surface area contributed by atoms with E-state index in [9.17, 15) is 9.59 Å². The van der Waals surface area contributed by atoms with E-state index < -0.39 is 0 Å². The minimum atomic E-state index is -0.128. The molecule has 0 saturated heterocycles. The molecule has 0 aliphatic rings. The molecule has 0 aromatic heterocycles. The van der Waals surface area contributed by atoms with Crippen molar-refractivity contribution in [2.75, 3.05) is 22.5 Å². The van der Waals surface area contributed by atoms with Crippen molar-refractivity contribution in [2.45, 2.75) is 20.8 Å². The van der Waals surface area contributed by atoms with Crippen LogP contribution in [0.2, 0.25) is 0 Å². The largest absolute Gasteiger partial charge is 0.376 e. The monoisotopic (exact) mass is 311 g/mol. The van der Waals surface area contributed by atoms with Crippen molar-refractivity contribution in [1.29, 1.82) is 0 Å². The molecule has 2 amide bonds. The topological polar surface area (TPSA) is 70.2 Å². The van der Waals surface area contributed by atoms with Crippen molar-refractivity contribution >= 4 is 28.9 Å². The number of nitrogens with one attached hydrogen (secondary N) is 3. The van der Waals surface area contributed by atoms with Gasteiger partial charge >= 0.3 is 0 Å². The molecule has 5 nitrogen and oxygen atoms in total. The van der Waals surface area contributed by atoms with Gasteiger partial charge in [0.1, 0.15) is 0 Å². The first kappa shape index (κ1) is 16.5. The molecule has 0 unspecified atom stereocenters. The van der Waals surface area contributed by atoms with E-state index >= 15 is 0 Å². The Morgan fingerprint density at radius 1 is 0.913 bits per heavy atom. The third-order valence-corrected chi connectivity index (χ3v) is 3.31. The Morgan fingerprint density at radius 3 is 2.09 bits per heavy atom. The van der Waals surface area contributed by atoms with E-state index in [-0.39, 0.29) is 18.4 Å². The second-order valence-corrected chi connectivity index (χ2v) is 5.48. The van der Waals surface area contributed by atoms with Crippen LogP contribution in [0.3, 0.4) is 0 Å². The van der Waals surface area contributed by atoms with Crippen LogP contribution in [0.15, 0.2) is 42.5 Å². The first-order chi connectivity index (χ1) is 10.9. The lowest BCUT2D eigenvalue weighted by molar-refractivity contribution is -0.115. The summed E-state index contributed by atoms with van der Waals surface area (Å²) in [6.07, 6.45) is 0. The number of benzene rings is 2. The van der Waals surface area contributed by atoms with Gasteiger partial charge in [0, 0.05) is 24.0 Å². The number of amides is 2. The van der Waals surface area contributed by atoms with Gasteiger partial charge in [-0.2, -0.15) is 0 Å². The number of hydrogen-bond donors (Lipinski definition) is 3. The minimum absolute atomic E-state index is 0.126. The van der Waals surface area contributed by atoms with Gasteiger partial charge in [-0.25, -0.2) is 0 Å². The maximum absolute atomic E-state index is 12.0. The summed E-state index contributed by atoms with van der Waals surface area (Å²) in [4.78, 5) is 22.9. The summed E-state index contributed by atoms with van der Waals surface area (Å²) in [6, 6.07) is 13.0. The lowest BCUT2D eigenvalue weighted by Gasteiger charge is -2.11. The number of carbonyl (C=O) groups is 2. The molecule has 0 saturated carbocycles. The van der Waals surface area contributed by atoms with Crippen molar-refractivity contribution < 1.29 is 9.59 Å². The number of rotatable bonds is 5. The molecule has 0 aliphatic heterocycles. The molecule has 0 atom stereocenters. The van der Waals surface area contributed by atoms with Crippen LogP contribution in [0.5, 0.6) is 0 Å². The molecular formula is C18H21N3O2. The van der Waals surface area contributed by atoms with E-state index in [0.717, 1.165) is 11.3 Å². The minimum Gasteiger partial charge on any atom is -0.376 e. The van der Waals surface area contributed by atoms with Gasteiger partial charge in [-0.05, 0) is 49.7 Å². The SMILES string of the molecule is CC(=O)Nc1ccc(NC(=O)CNc2ccc(C)cc2C)cc1. The fourth-order valence-corrected chi connectivity index (χ4v) is 2.23. The number of aryl methyl sites for hydroxylation is 2. The van der Waals surface area contributed by atoms with Crippen molar-refractivity contribution in [1.82, 2.24) is 0 Å². The summed E-state index contributed by atoms with van der Waals surface area (Å²) >= 11 is 0. The Kier molecular flexibility index (Phi) is 5.36. The third kappa shape index (κ3) is 5.14. The van der Waals surface area contributed by atoms with Gasteiger partial charge in [-0.15, -0.1) is 0 Å². The van der Waals surface area contributed by atoms with Gasteiger partial charge in [-0.1, -0.05) is 17.7 Å². The molecule has 0 aliphatic carbocycles. The van der Waals surface area contributed by atoms with Crippen LogP contribution in [0.25, 0.3) is 0 Å². The quantitative estimate of drug-likeness (QED) is 0.793. The highest BCUT2D eigenvalue weighted by Gasteiger charge is 2.04. The summed E-state index contributed by atoms with van der Waals surface area (Å²) in [5.74, 6) is -0.253. The molecule has 0 radical (unpaired) electrons. The standard InChI is InChI=1S/C18H21N3O2/c1-12-4-9-17(13(2)10-12)19-11-18(23)21-16-7-5-15(6-8-16)20-14(3)22/h4-10,19H,11H2,1-3H3,(H,20,22)(H,21,23). The van der Waals surface area contributed by atoms with Crippen molar-refractivity contribution in [2.24, 2.45) is 0 Å². The second-order valence-electron chi connectivity index (χ2n) is 5.48. The maximum Gasteiger partial charge on any atom is 0.243 e. The van der Waals surface area contributed by atoms with Crippen LogP contribution in [-0.4, -0.2) is 18.4 Å². The van der Waals surface area contributed by atoms with Crippen LogP contribution in [0.1, 0.15) is 18.1 Å². The molecule has 0 fully saturated rings. The molecular weight excluding hydrogens is 290 g/mol. The zero-order chi connectivity index (χ0) is 16.8. The fourth-order valence-electron chi connectivity index (χ4n) is 2.23. The lowest BCUT2D eigenvalue weighted by atomic mass is 10.1. The van der Waals surface area contributed by atoms with E-state index in [1.165, 1.54) is 12.5 Å². The summed E-state index contributed by atoms with van der Waals surface area (Å²) in [5.41, 5.74) is 4.64. The first-order valence-corrected chi connectivity index (χ1v) is 7.42. The average molecular weight is 311 g/mol. The highest BCUT2D eigenvalue weighted by Crippen LogP contribution is 2.16. The van der Waals surface area contributed by atoms with E-state index in [1.807, 2.05) is 26.0 Å².